The minimum atomic E-state index is -0.596. The highest BCUT2D eigenvalue weighted by Gasteiger charge is 2.22. The van der Waals surface area contributed by atoms with E-state index in [0.717, 1.165) is 29.4 Å². The molecule has 0 aliphatic heterocycles. The van der Waals surface area contributed by atoms with Crippen LogP contribution in [0.4, 0.5) is 28.8 Å². The second kappa shape index (κ2) is 18.6. The summed E-state index contributed by atoms with van der Waals surface area (Å²) in [5, 5.41) is 34.9. The summed E-state index contributed by atoms with van der Waals surface area (Å²) in [6.07, 6.45) is 1.74. The first-order chi connectivity index (χ1) is 27.2. The van der Waals surface area contributed by atoms with Crippen LogP contribution in [0.1, 0.15) is 58.7 Å². The summed E-state index contributed by atoms with van der Waals surface area (Å²) < 4.78 is 5.41. The van der Waals surface area contributed by atoms with E-state index in [2.05, 4.69) is 78.6 Å². The Morgan fingerprint density at radius 2 is 1.12 bits per heavy atom. The molecule has 0 fully saturated rings. The first-order valence-corrected chi connectivity index (χ1v) is 19.5. The largest absolute Gasteiger partial charge is 0.388 e. The van der Waals surface area contributed by atoms with Gasteiger partial charge in [0.25, 0.3) is 29.5 Å². The zero-order valence-corrected chi connectivity index (χ0v) is 34.6. The topological polar surface area (TPSA) is 257 Å². The number of hydrogen-bond acceptors (Lipinski definition) is 10. The summed E-state index contributed by atoms with van der Waals surface area (Å²) in [5.41, 5.74) is 7.66. The zero-order valence-electron chi connectivity index (χ0n) is 31.4. The van der Waals surface area contributed by atoms with Gasteiger partial charge >= 0.3 is 0 Å². The Morgan fingerprint density at radius 3 is 1.61 bits per heavy atom. The fraction of sp³-hybridized carbons (Fsp3) is 0.286. The van der Waals surface area contributed by atoms with Gasteiger partial charge in [-0.1, -0.05) is 31.9 Å². The first-order valence-electron chi connectivity index (χ1n) is 17.3. The Bertz CT molecular complexity index is 2300. The molecule has 300 valence electrons. The number of rotatable bonds is 17. The molecule has 8 N–H and O–H groups in total. The number of benzene rings is 1. The van der Waals surface area contributed by atoms with E-state index in [1.165, 1.54) is 49.9 Å². The molecule has 0 atom stereocenters. The minimum Gasteiger partial charge on any atom is -0.388 e. The van der Waals surface area contributed by atoms with E-state index >= 15 is 0 Å². The summed E-state index contributed by atoms with van der Waals surface area (Å²) >= 11 is 6.94. The number of carbonyl (C=O) groups excluding carboxylic acids is 5. The molecule has 0 unspecified atom stereocenters. The van der Waals surface area contributed by atoms with Crippen LogP contribution < -0.4 is 37.2 Å². The Labute approximate surface area is 343 Å². The molecule has 0 spiro atoms. The van der Waals surface area contributed by atoms with Crippen molar-refractivity contribution in [2.45, 2.75) is 6.42 Å². The van der Waals surface area contributed by atoms with E-state index in [1.54, 1.807) is 39.5 Å². The number of nitrogens with two attached hydrogens (primary N) is 1. The molecule has 22 heteroatoms. The van der Waals surface area contributed by atoms with Crippen LogP contribution >= 0.6 is 31.9 Å². The fourth-order valence-corrected chi connectivity index (χ4v) is 6.48. The molecule has 20 nitrogen and oxygen atoms in total. The lowest BCUT2D eigenvalue weighted by molar-refractivity contribution is 0.0942. The molecule has 5 amide bonds. The molecule has 1 aromatic carbocycles. The normalized spacial score (nSPS) is 10.8. The number of aromatic nitrogens is 7. The van der Waals surface area contributed by atoms with Crippen molar-refractivity contribution in [3.8, 4) is 0 Å². The molecule has 0 aliphatic carbocycles. The van der Waals surface area contributed by atoms with Crippen molar-refractivity contribution < 1.29 is 24.0 Å². The SMILES string of the molecule is Cn1cc(NC(=O)c2cc(NC(=O)c3ccc(N(CCBr)CCBr)cc3)nn2C)cc1C(=O)Nc1cc(C(=O)Nc2cc(C(=O)NCCC(=N)N)n(C)n2)n(C)n1. The highest BCUT2D eigenvalue weighted by Crippen LogP contribution is 2.20. The number of carbonyl (C=O) groups is 5. The van der Waals surface area contributed by atoms with E-state index in [9.17, 15) is 24.0 Å². The van der Waals surface area contributed by atoms with Crippen LogP contribution in [0.2, 0.25) is 0 Å². The first kappa shape index (κ1) is 41.9. The van der Waals surface area contributed by atoms with Crippen LogP contribution in [0.5, 0.6) is 0 Å². The van der Waals surface area contributed by atoms with E-state index in [1.807, 2.05) is 12.1 Å². The van der Waals surface area contributed by atoms with Crippen LogP contribution in [0.25, 0.3) is 0 Å². The second-order valence-electron chi connectivity index (χ2n) is 12.6. The maximum atomic E-state index is 13.3. The lowest BCUT2D eigenvalue weighted by atomic mass is 10.2. The van der Waals surface area contributed by atoms with Crippen molar-refractivity contribution >= 4 is 96.1 Å². The molecule has 4 heterocycles. The number of amidine groups is 1. The van der Waals surface area contributed by atoms with Crippen LogP contribution in [0.3, 0.4) is 0 Å². The van der Waals surface area contributed by atoms with Gasteiger partial charge < -0.3 is 41.8 Å². The van der Waals surface area contributed by atoms with Gasteiger partial charge in [0.15, 0.2) is 17.5 Å². The molecule has 4 aromatic heterocycles. The number of amides is 5. The van der Waals surface area contributed by atoms with Gasteiger partial charge in [0.05, 0.1) is 11.5 Å². The van der Waals surface area contributed by atoms with Crippen LogP contribution in [-0.2, 0) is 28.2 Å². The van der Waals surface area contributed by atoms with E-state index in [0.29, 0.717) is 11.3 Å². The Morgan fingerprint density at radius 1 is 0.667 bits per heavy atom. The third kappa shape index (κ3) is 10.5. The van der Waals surface area contributed by atoms with Crippen molar-refractivity contribution in [1.82, 2.24) is 39.2 Å². The summed E-state index contributed by atoms with van der Waals surface area (Å²) in [7, 11) is 6.25. The number of anilines is 5. The van der Waals surface area contributed by atoms with Crippen LogP contribution in [0.15, 0.2) is 54.7 Å². The number of nitrogens with one attached hydrogen (secondary N) is 6. The Balaban J connectivity index is 1.17. The summed E-state index contributed by atoms with van der Waals surface area (Å²) in [5.74, 6) is -2.21. The van der Waals surface area contributed by atoms with Gasteiger partial charge in [-0.2, -0.15) is 15.3 Å². The van der Waals surface area contributed by atoms with Crippen molar-refractivity contribution in [2.24, 2.45) is 33.9 Å². The average Bonchev–Trinajstić information content (AvgIpc) is 3.92. The van der Waals surface area contributed by atoms with Crippen LogP contribution in [-0.4, -0.2) is 99.6 Å². The van der Waals surface area contributed by atoms with Crippen molar-refractivity contribution in [3.63, 3.8) is 0 Å². The highest BCUT2D eigenvalue weighted by molar-refractivity contribution is 9.09. The predicted molar refractivity (Wildman–Crippen MR) is 222 cm³/mol. The number of aryl methyl sites for hydroxylation is 4. The molecule has 0 saturated heterocycles. The molecule has 5 rings (SSSR count). The number of nitrogens with zero attached hydrogens (tertiary/aromatic N) is 8. The average molecular weight is 912 g/mol. The second-order valence-corrected chi connectivity index (χ2v) is 14.2. The quantitative estimate of drug-likeness (QED) is 0.0408. The zero-order chi connectivity index (χ0) is 41.4. The molecule has 0 bridgehead atoms. The van der Waals surface area contributed by atoms with Gasteiger partial charge in [0.2, 0.25) is 0 Å². The smallest absolute Gasteiger partial charge is 0.275 e. The molecule has 57 heavy (non-hydrogen) atoms. The number of alkyl halides is 2. The number of hydrogen-bond donors (Lipinski definition) is 7. The lowest BCUT2D eigenvalue weighted by Gasteiger charge is -2.23. The van der Waals surface area contributed by atoms with Crippen LogP contribution in [0, 0.1) is 5.41 Å². The summed E-state index contributed by atoms with van der Waals surface area (Å²) in [6, 6.07) is 12.9. The Hall–Kier alpha value is -6.29. The third-order valence-corrected chi connectivity index (χ3v) is 9.15. The molecule has 0 radical (unpaired) electrons. The van der Waals surface area contributed by atoms with Gasteiger partial charge in [-0.05, 0) is 30.3 Å². The van der Waals surface area contributed by atoms with Gasteiger partial charge in [-0.15, -0.1) is 0 Å². The van der Waals surface area contributed by atoms with E-state index in [-0.39, 0.29) is 64.9 Å². The molecule has 5 aromatic rings. The standard InChI is InChI=1S/C35H41Br2N15O5/c1-48-19-21(41-34(56)25-17-28(45-50(25)3)42-31(53)20-5-7-22(8-6-20)52(13-10-36)14-11-37)15-23(48)33(55)43-30-18-26(51(4)47-30)35(57)44-29-16-24(49(2)46-29)32(54)40-12-9-27(38)39/h5-8,15-19H,9-14H2,1-4H3,(H3,38,39)(H,40,54)(H,41,56)(H,42,45,53)(H,43,47,55)(H,44,46,57). The molecular weight excluding hydrogens is 870 g/mol. The number of halogens is 2. The van der Waals surface area contributed by atoms with Gasteiger partial charge in [-0.25, -0.2) is 0 Å². The molecule has 0 saturated carbocycles. The van der Waals surface area contributed by atoms with Crippen molar-refractivity contribution in [1.29, 1.82) is 5.41 Å². The lowest BCUT2D eigenvalue weighted by Crippen LogP contribution is -2.29. The Kier molecular flexibility index (Phi) is 13.6. The van der Waals surface area contributed by atoms with Gasteiger partial charge in [-0.3, -0.25) is 43.4 Å². The van der Waals surface area contributed by atoms with Crippen molar-refractivity contribution in [3.05, 3.63) is 83.1 Å². The fourth-order valence-electron chi connectivity index (χ4n) is 5.62. The maximum absolute atomic E-state index is 13.3. The van der Waals surface area contributed by atoms with Gasteiger partial charge in [0, 0.05) is 101 Å². The summed E-state index contributed by atoms with van der Waals surface area (Å²) in [6.45, 7) is 1.80. The molecular formula is C35H41Br2N15O5. The highest BCUT2D eigenvalue weighted by atomic mass is 79.9. The van der Waals surface area contributed by atoms with E-state index in [4.69, 9.17) is 11.1 Å². The van der Waals surface area contributed by atoms with E-state index < -0.39 is 23.6 Å². The molecule has 0 aliphatic rings. The summed E-state index contributed by atoms with van der Waals surface area (Å²) in [4.78, 5) is 67.3. The third-order valence-electron chi connectivity index (χ3n) is 8.44. The van der Waals surface area contributed by atoms with Gasteiger partial charge in [0.1, 0.15) is 22.8 Å². The van der Waals surface area contributed by atoms with Crippen molar-refractivity contribution in [2.75, 3.05) is 56.5 Å². The minimum absolute atomic E-state index is 0.0597. The maximum Gasteiger partial charge on any atom is 0.275 e. The predicted octanol–water partition coefficient (Wildman–Crippen LogP) is 2.89. The monoisotopic (exact) mass is 909 g/mol.